The first-order valence-corrected chi connectivity index (χ1v) is 9.43. The Morgan fingerprint density at radius 1 is 1.32 bits per heavy atom. The fourth-order valence-corrected chi connectivity index (χ4v) is 4.04. The molecule has 2 aromatic rings. The Hall–Kier alpha value is -1.45. The second kappa shape index (κ2) is 7.21. The highest BCUT2D eigenvalue weighted by atomic mass is 32.2. The zero-order valence-electron chi connectivity index (χ0n) is 11.7. The van der Waals surface area contributed by atoms with E-state index in [9.17, 15) is 4.79 Å². The molecule has 1 amide bonds. The van der Waals surface area contributed by atoms with Crippen LogP contribution in [0.25, 0.3) is 0 Å². The summed E-state index contributed by atoms with van der Waals surface area (Å²) in [5.41, 5.74) is 0.975. The third kappa shape index (κ3) is 3.84. The van der Waals surface area contributed by atoms with Gasteiger partial charge in [0.15, 0.2) is 20.2 Å². The lowest BCUT2D eigenvalue weighted by Gasteiger charge is -2.05. The number of thioether (sulfide) groups is 2. The van der Waals surface area contributed by atoms with Crippen molar-refractivity contribution in [2.24, 2.45) is 0 Å². The summed E-state index contributed by atoms with van der Waals surface area (Å²) in [5.74, 6) is 1.75. The lowest BCUT2D eigenvalue weighted by Crippen LogP contribution is -2.24. The predicted molar refractivity (Wildman–Crippen MR) is 86.8 cm³/mol. The first kappa shape index (κ1) is 15.4. The lowest BCUT2D eigenvalue weighted by atomic mass is 10.2. The van der Waals surface area contributed by atoms with Crippen LogP contribution in [0.5, 0.6) is 11.5 Å². The van der Waals surface area contributed by atoms with Crippen LogP contribution in [0, 0.1) is 0 Å². The second-order valence-electron chi connectivity index (χ2n) is 4.29. The molecule has 0 unspecified atom stereocenters. The molecule has 0 atom stereocenters. The highest BCUT2D eigenvalue weighted by Crippen LogP contribution is 2.32. The van der Waals surface area contributed by atoms with Crippen molar-refractivity contribution in [2.75, 3.05) is 18.8 Å². The zero-order chi connectivity index (χ0) is 15.4. The van der Waals surface area contributed by atoms with Gasteiger partial charge in [-0.15, -0.1) is 10.2 Å². The molecule has 0 saturated heterocycles. The largest absolute Gasteiger partial charge is 0.454 e. The van der Waals surface area contributed by atoms with E-state index in [1.165, 1.54) is 23.1 Å². The maximum Gasteiger partial charge on any atom is 0.231 e. The Morgan fingerprint density at radius 2 is 2.14 bits per heavy atom. The van der Waals surface area contributed by atoms with E-state index in [4.69, 9.17) is 9.47 Å². The number of hydrogen-bond acceptors (Lipinski definition) is 8. The van der Waals surface area contributed by atoms with Gasteiger partial charge in [-0.3, -0.25) is 4.79 Å². The van der Waals surface area contributed by atoms with Crippen molar-refractivity contribution in [2.45, 2.75) is 15.2 Å². The molecule has 0 radical (unpaired) electrons. The fourth-order valence-electron chi connectivity index (χ4n) is 1.77. The number of carbonyl (C=O) groups excluding carboxylic acids is 1. The molecule has 1 N–H and O–H groups in total. The van der Waals surface area contributed by atoms with Crippen LogP contribution in [-0.2, 0) is 11.3 Å². The highest BCUT2D eigenvalue weighted by Gasteiger charge is 2.13. The van der Waals surface area contributed by atoms with Gasteiger partial charge in [-0.05, 0) is 24.0 Å². The van der Waals surface area contributed by atoms with E-state index < -0.39 is 0 Å². The van der Waals surface area contributed by atoms with Gasteiger partial charge < -0.3 is 14.8 Å². The molecular formula is C13H13N3O3S3. The Balaban J connectivity index is 1.46. The molecule has 0 bridgehead atoms. The third-order valence-electron chi connectivity index (χ3n) is 2.82. The smallest absolute Gasteiger partial charge is 0.231 e. The molecule has 9 heteroatoms. The number of carbonyl (C=O) groups is 1. The van der Waals surface area contributed by atoms with E-state index in [-0.39, 0.29) is 12.7 Å². The maximum absolute atomic E-state index is 11.9. The molecule has 1 aliphatic rings. The average molecular weight is 355 g/mol. The Kier molecular flexibility index (Phi) is 5.06. The lowest BCUT2D eigenvalue weighted by molar-refractivity contribution is -0.118. The van der Waals surface area contributed by atoms with Crippen molar-refractivity contribution in [3.63, 3.8) is 0 Å². The summed E-state index contributed by atoms with van der Waals surface area (Å²) < 4.78 is 12.3. The van der Waals surface area contributed by atoms with Crippen molar-refractivity contribution in [1.82, 2.24) is 15.5 Å². The zero-order valence-corrected chi connectivity index (χ0v) is 14.1. The monoisotopic (exact) mass is 355 g/mol. The van der Waals surface area contributed by atoms with Crippen molar-refractivity contribution >= 4 is 40.8 Å². The van der Waals surface area contributed by atoms with Crippen LogP contribution in [0.3, 0.4) is 0 Å². The SMILES string of the molecule is CSc1nnc(SCC(=O)NCc2ccc3c(c2)OCO3)s1. The Labute approximate surface area is 140 Å². The summed E-state index contributed by atoms with van der Waals surface area (Å²) in [6, 6.07) is 5.64. The highest BCUT2D eigenvalue weighted by molar-refractivity contribution is 8.03. The summed E-state index contributed by atoms with van der Waals surface area (Å²) in [4.78, 5) is 11.9. The van der Waals surface area contributed by atoms with Gasteiger partial charge in [0.05, 0.1) is 5.75 Å². The molecule has 2 heterocycles. The summed E-state index contributed by atoms with van der Waals surface area (Å²) in [5, 5.41) is 10.9. The standard InChI is InChI=1S/C13H13N3O3S3/c1-20-12-15-16-13(22-12)21-6-11(17)14-5-8-2-3-9-10(4-8)19-7-18-9/h2-4H,5-7H2,1H3,(H,14,17). The van der Waals surface area contributed by atoms with Crippen LogP contribution >= 0.6 is 34.9 Å². The summed E-state index contributed by atoms with van der Waals surface area (Å²) in [6.07, 6.45) is 1.95. The van der Waals surface area contributed by atoms with Crippen molar-refractivity contribution in [3.8, 4) is 11.5 Å². The van der Waals surface area contributed by atoms with Crippen LogP contribution in [0.15, 0.2) is 26.9 Å². The number of hydrogen-bond donors (Lipinski definition) is 1. The predicted octanol–water partition coefficient (Wildman–Crippen LogP) is 2.40. The molecule has 3 rings (SSSR count). The number of benzene rings is 1. The number of fused-ring (bicyclic) bond motifs is 1. The molecule has 1 aromatic heterocycles. The summed E-state index contributed by atoms with van der Waals surface area (Å²) in [7, 11) is 0. The van der Waals surface area contributed by atoms with Crippen molar-refractivity contribution in [1.29, 1.82) is 0 Å². The number of nitrogens with one attached hydrogen (secondary N) is 1. The second-order valence-corrected chi connectivity index (χ2v) is 7.54. The van der Waals surface area contributed by atoms with Gasteiger partial charge in [-0.2, -0.15) is 0 Å². The summed E-state index contributed by atoms with van der Waals surface area (Å²) >= 11 is 4.44. The van der Waals surface area contributed by atoms with Crippen LogP contribution < -0.4 is 14.8 Å². The van der Waals surface area contributed by atoms with Crippen LogP contribution in [0.1, 0.15) is 5.56 Å². The first-order chi connectivity index (χ1) is 10.7. The summed E-state index contributed by atoms with van der Waals surface area (Å²) in [6.45, 7) is 0.712. The van der Waals surface area contributed by atoms with E-state index in [1.807, 2.05) is 24.5 Å². The van der Waals surface area contributed by atoms with E-state index >= 15 is 0 Å². The molecule has 6 nitrogen and oxygen atoms in total. The molecule has 0 aliphatic carbocycles. The minimum atomic E-state index is -0.0384. The minimum absolute atomic E-state index is 0.0384. The number of aromatic nitrogens is 2. The number of rotatable bonds is 6. The normalized spacial score (nSPS) is 12.4. The molecule has 0 saturated carbocycles. The van der Waals surface area contributed by atoms with E-state index in [1.54, 1.807) is 11.8 Å². The third-order valence-corrected chi connectivity index (χ3v) is 5.85. The maximum atomic E-state index is 11.9. The molecule has 0 spiro atoms. The molecule has 22 heavy (non-hydrogen) atoms. The van der Waals surface area contributed by atoms with Crippen LogP contribution in [-0.4, -0.2) is 34.9 Å². The Morgan fingerprint density at radius 3 is 2.95 bits per heavy atom. The van der Waals surface area contributed by atoms with Gasteiger partial charge in [0.2, 0.25) is 12.7 Å². The van der Waals surface area contributed by atoms with Gasteiger partial charge in [0, 0.05) is 6.54 Å². The van der Waals surface area contributed by atoms with E-state index in [0.717, 1.165) is 25.7 Å². The number of nitrogens with zero attached hydrogens (tertiary/aromatic N) is 2. The molecule has 116 valence electrons. The number of ether oxygens (including phenoxy) is 2. The van der Waals surface area contributed by atoms with E-state index in [0.29, 0.717) is 12.3 Å². The van der Waals surface area contributed by atoms with Gasteiger partial charge in [0.1, 0.15) is 0 Å². The molecular weight excluding hydrogens is 342 g/mol. The first-order valence-electron chi connectivity index (χ1n) is 6.40. The van der Waals surface area contributed by atoms with E-state index in [2.05, 4.69) is 15.5 Å². The molecule has 0 fully saturated rings. The van der Waals surface area contributed by atoms with Crippen LogP contribution in [0.4, 0.5) is 0 Å². The van der Waals surface area contributed by atoms with Crippen LogP contribution in [0.2, 0.25) is 0 Å². The molecule has 1 aliphatic heterocycles. The van der Waals surface area contributed by atoms with Gasteiger partial charge in [-0.25, -0.2) is 0 Å². The van der Waals surface area contributed by atoms with Gasteiger partial charge in [-0.1, -0.05) is 40.9 Å². The Bertz CT molecular complexity index is 678. The fraction of sp³-hybridized carbons (Fsp3) is 0.308. The van der Waals surface area contributed by atoms with Crippen molar-refractivity contribution < 1.29 is 14.3 Å². The van der Waals surface area contributed by atoms with Crippen molar-refractivity contribution in [3.05, 3.63) is 23.8 Å². The number of amides is 1. The minimum Gasteiger partial charge on any atom is -0.454 e. The van der Waals surface area contributed by atoms with Gasteiger partial charge in [0.25, 0.3) is 0 Å². The quantitative estimate of drug-likeness (QED) is 0.798. The topological polar surface area (TPSA) is 73.3 Å². The van der Waals surface area contributed by atoms with Gasteiger partial charge >= 0.3 is 0 Å². The molecule has 1 aromatic carbocycles. The average Bonchev–Trinajstić information content (AvgIpc) is 3.19.